The van der Waals surface area contributed by atoms with Crippen LogP contribution in [0.1, 0.15) is 11.3 Å². The van der Waals surface area contributed by atoms with E-state index in [4.69, 9.17) is 19.0 Å². The minimum absolute atomic E-state index is 0.0226. The lowest BCUT2D eigenvalue weighted by atomic mass is 10.2. The van der Waals surface area contributed by atoms with Crippen LogP contribution in [-0.4, -0.2) is 17.2 Å². The smallest absolute Gasteiger partial charge is 0.226 e. The van der Waals surface area contributed by atoms with Crippen LogP contribution in [0.4, 0.5) is 0 Å². The molecule has 0 bridgehead atoms. The highest BCUT2D eigenvalue weighted by Gasteiger charge is 2.07. The highest BCUT2D eigenvalue weighted by atomic mass is 16.5. The lowest BCUT2D eigenvalue weighted by molar-refractivity contribution is 0.280. The number of aliphatic hydroxyl groups excluding tert-OH is 1. The summed E-state index contributed by atoms with van der Waals surface area (Å²) in [6.45, 7) is 0.340. The van der Waals surface area contributed by atoms with Crippen molar-refractivity contribution in [3.05, 3.63) is 66.1 Å². The predicted molar refractivity (Wildman–Crippen MR) is 85.2 cm³/mol. The Hall–Kier alpha value is -2.79. The molecule has 0 aliphatic rings. The highest BCUT2D eigenvalue weighted by molar-refractivity contribution is 5.54. The maximum atomic E-state index is 9.01. The van der Waals surface area contributed by atoms with E-state index in [-0.39, 0.29) is 6.61 Å². The molecule has 0 atom stereocenters. The molecule has 3 aromatic rings. The molecule has 1 heterocycles. The Morgan fingerprint density at radius 3 is 2.35 bits per heavy atom. The summed E-state index contributed by atoms with van der Waals surface area (Å²) in [5, 5.41) is 9.01. The van der Waals surface area contributed by atoms with E-state index in [0.29, 0.717) is 18.2 Å². The zero-order chi connectivity index (χ0) is 16.1. The number of oxazole rings is 1. The van der Waals surface area contributed by atoms with Crippen molar-refractivity contribution in [2.75, 3.05) is 7.11 Å². The van der Waals surface area contributed by atoms with E-state index in [0.717, 1.165) is 22.6 Å². The fourth-order valence-corrected chi connectivity index (χ4v) is 2.09. The zero-order valence-corrected chi connectivity index (χ0v) is 12.7. The summed E-state index contributed by atoms with van der Waals surface area (Å²) in [6, 6.07) is 14.8. The number of aliphatic hydroxyl groups is 1. The first-order valence-electron chi connectivity index (χ1n) is 7.20. The van der Waals surface area contributed by atoms with Crippen LogP contribution in [0.15, 0.2) is 59.2 Å². The Kier molecular flexibility index (Phi) is 4.59. The number of benzene rings is 2. The van der Waals surface area contributed by atoms with Crippen molar-refractivity contribution >= 4 is 0 Å². The van der Waals surface area contributed by atoms with Gasteiger partial charge in [-0.2, -0.15) is 0 Å². The summed E-state index contributed by atoms with van der Waals surface area (Å²) >= 11 is 0. The summed E-state index contributed by atoms with van der Waals surface area (Å²) in [4.78, 5) is 4.41. The van der Waals surface area contributed by atoms with Crippen LogP contribution in [-0.2, 0) is 13.2 Å². The van der Waals surface area contributed by atoms with E-state index in [1.54, 1.807) is 13.4 Å². The molecule has 118 valence electrons. The van der Waals surface area contributed by atoms with Crippen molar-refractivity contribution in [3.8, 4) is 23.0 Å². The first-order chi connectivity index (χ1) is 11.3. The molecule has 0 saturated heterocycles. The second-order valence-corrected chi connectivity index (χ2v) is 4.96. The molecule has 0 fully saturated rings. The van der Waals surface area contributed by atoms with Crippen molar-refractivity contribution in [1.29, 1.82) is 0 Å². The molecule has 1 aromatic heterocycles. The molecule has 0 aliphatic heterocycles. The van der Waals surface area contributed by atoms with Crippen molar-refractivity contribution in [2.45, 2.75) is 13.2 Å². The molecule has 23 heavy (non-hydrogen) atoms. The highest BCUT2D eigenvalue weighted by Crippen LogP contribution is 2.22. The summed E-state index contributed by atoms with van der Waals surface area (Å²) in [7, 11) is 1.63. The normalized spacial score (nSPS) is 10.5. The number of nitrogens with zero attached hydrogens (tertiary/aromatic N) is 1. The maximum absolute atomic E-state index is 9.01. The number of hydrogen-bond acceptors (Lipinski definition) is 5. The molecule has 0 aliphatic carbocycles. The molecule has 5 heteroatoms. The van der Waals surface area contributed by atoms with E-state index in [1.807, 2.05) is 48.5 Å². The van der Waals surface area contributed by atoms with Crippen LogP contribution in [0.2, 0.25) is 0 Å². The van der Waals surface area contributed by atoms with Crippen molar-refractivity contribution in [1.82, 2.24) is 4.98 Å². The lowest BCUT2D eigenvalue weighted by Gasteiger charge is -2.04. The molecule has 0 unspecified atom stereocenters. The number of methoxy groups -OCH3 is 1. The molecule has 0 radical (unpaired) electrons. The van der Waals surface area contributed by atoms with E-state index in [9.17, 15) is 0 Å². The molecule has 3 rings (SSSR count). The Bertz CT molecular complexity index is 747. The first-order valence-corrected chi connectivity index (χ1v) is 7.20. The molecule has 5 nitrogen and oxygen atoms in total. The summed E-state index contributed by atoms with van der Waals surface area (Å²) in [5.41, 5.74) is 2.44. The summed E-state index contributed by atoms with van der Waals surface area (Å²) in [6.07, 6.45) is 1.58. The van der Waals surface area contributed by atoms with Gasteiger partial charge in [-0.15, -0.1) is 0 Å². The van der Waals surface area contributed by atoms with E-state index in [2.05, 4.69) is 4.98 Å². The zero-order valence-electron chi connectivity index (χ0n) is 12.7. The van der Waals surface area contributed by atoms with Crippen LogP contribution in [0.5, 0.6) is 11.5 Å². The molecule has 2 aromatic carbocycles. The van der Waals surface area contributed by atoms with Gasteiger partial charge in [0.25, 0.3) is 0 Å². The van der Waals surface area contributed by atoms with E-state index in [1.165, 1.54) is 0 Å². The minimum atomic E-state index is 0.0226. The summed E-state index contributed by atoms with van der Waals surface area (Å²) in [5.74, 6) is 2.05. The molecule has 1 N–H and O–H groups in total. The number of aromatic nitrogens is 1. The monoisotopic (exact) mass is 311 g/mol. The fraction of sp³-hybridized carbons (Fsp3) is 0.167. The van der Waals surface area contributed by atoms with Gasteiger partial charge in [0, 0.05) is 5.56 Å². The number of hydrogen-bond donors (Lipinski definition) is 1. The van der Waals surface area contributed by atoms with Gasteiger partial charge in [0.2, 0.25) is 5.89 Å². The van der Waals surface area contributed by atoms with Gasteiger partial charge in [0.1, 0.15) is 30.1 Å². The Morgan fingerprint density at radius 2 is 1.70 bits per heavy atom. The molecular weight excluding hydrogens is 294 g/mol. The minimum Gasteiger partial charge on any atom is -0.497 e. The second kappa shape index (κ2) is 6.98. The van der Waals surface area contributed by atoms with Crippen LogP contribution in [0.25, 0.3) is 11.5 Å². The van der Waals surface area contributed by atoms with Gasteiger partial charge in [-0.1, -0.05) is 12.1 Å². The number of rotatable bonds is 6. The topological polar surface area (TPSA) is 64.7 Å². The standard InChI is InChI=1S/C18H17NO4/c1-21-16-8-4-14(5-9-16)18-19-15(12-23-18)11-22-17-6-2-13(10-20)3-7-17/h2-9,12,20H,10-11H2,1H3. The maximum Gasteiger partial charge on any atom is 0.226 e. The Labute approximate surface area is 134 Å². The van der Waals surface area contributed by atoms with Gasteiger partial charge in [-0.3, -0.25) is 0 Å². The average Bonchev–Trinajstić information content (AvgIpc) is 3.09. The van der Waals surface area contributed by atoms with Crippen LogP contribution in [0, 0.1) is 0 Å². The molecule has 0 saturated carbocycles. The van der Waals surface area contributed by atoms with Crippen LogP contribution < -0.4 is 9.47 Å². The Morgan fingerprint density at radius 1 is 1.00 bits per heavy atom. The third-order valence-corrected chi connectivity index (χ3v) is 3.38. The van der Waals surface area contributed by atoms with Gasteiger partial charge in [-0.25, -0.2) is 4.98 Å². The first kappa shape index (κ1) is 15.1. The molecule has 0 spiro atoms. The van der Waals surface area contributed by atoms with Crippen LogP contribution in [0.3, 0.4) is 0 Å². The van der Waals surface area contributed by atoms with E-state index >= 15 is 0 Å². The third kappa shape index (κ3) is 3.70. The second-order valence-electron chi connectivity index (χ2n) is 4.96. The summed E-state index contributed by atoms with van der Waals surface area (Å²) < 4.78 is 16.3. The van der Waals surface area contributed by atoms with Gasteiger partial charge in [-0.05, 0) is 42.0 Å². The van der Waals surface area contributed by atoms with Gasteiger partial charge in [0.15, 0.2) is 0 Å². The van der Waals surface area contributed by atoms with Crippen molar-refractivity contribution in [2.24, 2.45) is 0 Å². The quantitative estimate of drug-likeness (QED) is 0.755. The van der Waals surface area contributed by atoms with Gasteiger partial charge in [0.05, 0.1) is 13.7 Å². The largest absolute Gasteiger partial charge is 0.497 e. The van der Waals surface area contributed by atoms with E-state index < -0.39 is 0 Å². The van der Waals surface area contributed by atoms with Gasteiger partial charge < -0.3 is 19.0 Å². The number of ether oxygens (including phenoxy) is 2. The van der Waals surface area contributed by atoms with Crippen molar-refractivity contribution < 1.29 is 19.0 Å². The Balaban J connectivity index is 1.64. The molecular formula is C18H17NO4. The molecule has 0 amide bonds. The van der Waals surface area contributed by atoms with Gasteiger partial charge >= 0.3 is 0 Å². The average molecular weight is 311 g/mol. The SMILES string of the molecule is COc1ccc(-c2nc(COc3ccc(CO)cc3)co2)cc1. The van der Waals surface area contributed by atoms with Crippen LogP contribution >= 0.6 is 0 Å². The lowest BCUT2D eigenvalue weighted by Crippen LogP contribution is -1.96. The predicted octanol–water partition coefficient (Wildman–Crippen LogP) is 3.42. The third-order valence-electron chi connectivity index (χ3n) is 3.38. The fourth-order valence-electron chi connectivity index (χ4n) is 2.09. The van der Waals surface area contributed by atoms with Crippen molar-refractivity contribution in [3.63, 3.8) is 0 Å².